The van der Waals surface area contributed by atoms with Crippen LogP contribution in [0.4, 0.5) is 5.69 Å². The molecule has 0 aliphatic carbocycles. The van der Waals surface area contributed by atoms with Crippen LogP contribution < -0.4 is 5.32 Å². The van der Waals surface area contributed by atoms with Crippen molar-refractivity contribution in [2.75, 3.05) is 5.32 Å². The lowest BCUT2D eigenvalue weighted by molar-refractivity contribution is 0.711. The first-order valence-electron chi connectivity index (χ1n) is 4.30. The Hall–Kier alpha value is -0.630. The van der Waals surface area contributed by atoms with Crippen LogP contribution in [0.5, 0.6) is 0 Å². The smallest absolute Gasteiger partial charge is 0.0849 e. The number of hydrogen-bond donors (Lipinski definition) is 1. The van der Waals surface area contributed by atoms with Crippen molar-refractivity contribution in [2.24, 2.45) is 0 Å². The number of nitrogens with one attached hydrogen (secondary N) is 1. The third-order valence-electron chi connectivity index (χ3n) is 2.30. The van der Waals surface area contributed by atoms with Crippen LogP contribution in [0, 0.1) is 0 Å². The highest BCUT2D eigenvalue weighted by molar-refractivity contribution is 8.01. The first kappa shape index (κ1) is 7.99. The molecular weight excluding hydrogens is 166 g/mol. The highest BCUT2D eigenvalue weighted by Gasteiger charge is 2.30. The summed E-state index contributed by atoms with van der Waals surface area (Å²) in [5.74, 6) is 0. The summed E-state index contributed by atoms with van der Waals surface area (Å²) in [5, 5.41) is 3.52. The first-order chi connectivity index (χ1) is 5.73. The Morgan fingerprint density at radius 2 is 2.17 bits per heavy atom. The van der Waals surface area contributed by atoms with Crippen molar-refractivity contribution >= 4 is 17.4 Å². The van der Waals surface area contributed by atoms with Crippen molar-refractivity contribution in [3.63, 3.8) is 0 Å². The van der Waals surface area contributed by atoms with Crippen LogP contribution in [-0.2, 0) is 0 Å². The van der Waals surface area contributed by atoms with Crippen molar-refractivity contribution in [3.8, 4) is 0 Å². The second kappa shape index (κ2) is 2.70. The van der Waals surface area contributed by atoms with Crippen molar-refractivity contribution < 1.29 is 0 Å². The van der Waals surface area contributed by atoms with Crippen LogP contribution in [0.1, 0.15) is 20.3 Å². The van der Waals surface area contributed by atoms with E-state index in [4.69, 9.17) is 0 Å². The lowest BCUT2D eigenvalue weighted by Crippen LogP contribution is -2.24. The van der Waals surface area contributed by atoms with Gasteiger partial charge in [0, 0.05) is 10.6 Å². The number of benzene rings is 1. The molecule has 12 heavy (non-hydrogen) atoms. The number of hydrogen-bond acceptors (Lipinski definition) is 2. The maximum Gasteiger partial charge on any atom is 0.0849 e. The van der Waals surface area contributed by atoms with Gasteiger partial charge in [-0.3, -0.25) is 0 Å². The molecule has 0 saturated heterocycles. The third kappa shape index (κ3) is 1.20. The Bertz CT molecular complexity index is 271. The minimum Gasteiger partial charge on any atom is -0.370 e. The lowest BCUT2D eigenvalue weighted by atomic mass is 10.2. The van der Waals surface area contributed by atoms with Gasteiger partial charge in [-0.05, 0) is 25.5 Å². The van der Waals surface area contributed by atoms with Crippen molar-refractivity contribution in [3.05, 3.63) is 24.3 Å². The van der Waals surface area contributed by atoms with Crippen LogP contribution in [-0.4, -0.2) is 4.87 Å². The Morgan fingerprint density at radius 1 is 1.42 bits per heavy atom. The SMILES string of the molecule is CCC1(C)Nc2ccccc2S1. The summed E-state index contributed by atoms with van der Waals surface area (Å²) in [7, 11) is 0. The van der Waals surface area contributed by atoms with Gasteiger partial charge in [0.25, 0.3) is 0 Å². The van der Waals surface area contributed by atoms with Gasteiger partial charge in [-0.15, -0.1) is 0 Å². The highest BCUT2D eigenvalue weighted by Crippen LogP contribution is 2.46. The Labute approximate surface area is 77.6 Å². The fourth-order valence-corrected chi connectivity index (χ4v) is 2.54. The molecule has 1 N–H and O–H groups in total. The average Bonchev–Trinajstić information content (AvgIpc) is 2.42. The summed E-state index contributed by atoms with van der Waals surface area (Å²) >= 11 is 1.93. The molecule has 1 aliphatic rings. The number of para-hydroxylation sites is 1. The molecule has 1 atom stereocenters. The summed E-state index contributed by atoms with van der Waals surface area (Å²) in [6.45, 7) is 4.46. The lowest BCUT2D eigenvalue weighted by Gasteiger charge is -2.21. The average molecular weight is 179 g/mol. The second-order valence-corrected chi connectivity index (χ2v) is 4.85. The molecule has 1 aromatic carbocycles. The van der Waals surface area contributed by atoms with Crippen molar-refractivity contribution in [2.45, 2.75) is 30.0 Å². The Balaban J connectivity index is 2.33. The van der Waals surface area contributed by atoms with Crippen LogP contribution in [0.15, 0.2) is 29.2 Å². The summed E-state index contributed by atoms with van der Waals surface area (Å²) in [6, 6.07) is 8.49. The van der Waals surface area contributed by atoms with E-state index in [0.29, 0.717) is 0 Å². The maximum absolute atomic E-state index is 3.52. The molecule has 1 aliphatic heterocycles. The van der Waals surface area contributed by atoms with Gasteiger partial charge in [-0.1, -0.05) is 30.8 Å². The summed E-state index contributed by atoms with van der Waals surface area (Å²) < 4.78 is 0. The standard InChI is InChI=1S/C10H13NS/c1-3-10(2)11-8-6-4-5-7-9(8)12-10/h4-7,11H,3H2,1-2H3. The van der Waals surface area contributed by atoms with Crippen LogP contribution in [0.3, 0.4) is 0 Å². The molecule has 0 fully saturated rings. The zero-order valence-electron chi connectivity index (χ0n) is 7.42. The third-order valence-corrected chi connectivity index (χ3v) is 3.71. The molecule has 0 spiro atoms. The van der Waals surface area contributed by atoms with E-state index in [9.17, 15) is 0 Å². The van der Waals surface area contributed by atoms with E-state index >= 15 is 0 Å². The summed E-state index contributed by atoms with van der Waals surface area (Å²) in [4.78, 5) is 1.59. The van der Waals surface area contributed by atoms with Gasteiger partial charge in [0.1, 0.15) is 0 Å². The molecule has 2 rings (SSSR count). The van der Waals surface area contributed by atoms with Crippen LogP contribution in [0.2, 0.25) is 0 Å². The summed E-state index contributed by atoms with van der Waals surface area (Å²) in [5.41, 5.74) is 1.28. The predicted octanol–water partition coefficient (Wildman–Crippen LogP) is 3.33. The number of anilines is 1. The fourth-order valence-electron chi connectivity index (χ4n) is 1.37. The van der Waals surface area contributed by atoms with Crippen molar-refractivity contribution in [1.29, 1.82) is 0 Å². The van der Waals surface area contributed by atoms with E-state index in [1.165, 1.54) is 10.6 Å². The molecule has 1 nitrogen and oxygen atoms in total. The highest BCUT2D eigenvalue weighted by atomic mass is 32.2. The molecule has 0 amide bonds. The molecule has 1 aromatic rings. The largest absolute Gasteiger partial charge is 0.370 e. The Kier molecular flexibility index (Phi) is 1.80. The van der Waals surface area contributed by atoms with E-state index in [2.05, 4.69) is 43.4 Å². The monoisotopic (exact) mass is 179 g/mol. The molecule has 0 radical (unpaired) electrons. The Morgan fingerprint density at radius 3 is 2.83 bits per heavy atom. The minimum absolute atomic E-state index is 0.212. The van der Waals surface area contributed by atoms with Gasteiger partial charge in [0.2, 0.25) is 0 Å². The van der Waals surface area contributed by atoms with Gasteiger partial charge < -0.3 is 5.32 Å². The molecule has 64 valence electrons. The summed E-state index contributed by atoms with van der Waals surface area (Å²) in [6.07, 6.45) is 1.15. The van der Waals surface area contributed by atoms with Gasteiger partial charge in [0.05, 0.1) is 4.87 Å². The molecule has 1 heterocycles. The van der Waals surface area contributed by atoms with Gasteiger partial charge in [0.15, 0.2) is 0 Å². The minimum atomic E-state index is 0.212. The van der Waals surface area contributed by atoms with E-state index in [-0.39, 0.29) is 4.87 Å². The maximum atomic E-state index is 3.52. The molecule has 2 heteroatoms. The second-order valence-electron chi connectivity index (χ2n) is 3.31. The van der Waals surface area contributed by atoms with Gasteiger partial charge in [-0.2, -0.15) is 0 Å². The van der Waals surface area contributed by atoms with Crippen molar-refractivity contribution in [1.82, 2.24) is 0 Å². The fraction of sp³-hybridized carbons (Fsp3) is 0.400. The molecule has 0 bridgehead atoms. The number of fused-ring (bicyclic) bond motifs is 1. The normalized spacial score (nSPS) is 26.5. The van der Waals surface area contributed by atoms with E-state index < -0.39 is 0 Å². The zero-order chi connectivity index (χ0) is 8.60. The van der Waals surface area contributed by atoms with E-state index in [1.807, 2.05) is 11.8 Å². The zero-order valence-corrected chi connectivity index (χ0v) is 8.24. The first-order valence-corrected chi connectivity index (χ1v) is 5.11. The molecule has 0 aromatic heterocycles. The van der Waals surface area contributed by atoms with Crippen LogP contribution in [0.25, 0.3) is 0 Å². The molecular formula is C10H13NS. The number of rotatable bonds is 1. The topological polar surface area (TPSA) is 12.0 Å². The van der Waals surface area contributed by atoms with Gasteiger partial charge >= 0.3 is 0 Å². The quantitative estimate of drug-likeness (QED) is 0.709. The molecule has 1 unspecified atom stereocenters. The van der Waals surface area contributed by atoms with Crippen LogP contribution >= 0.6 is 11.8 Å². The van der Waals surface area contributed by atoms with E-state index in [1.54, 1.807) is 0 Å². The number of thioether (sulfide) groups is 1. The predicted molar refractivity (Wildman–Crippen MR) is 54.6 cm³/mol. The van der Waals surface area contributed by atoms with E-state index in [0.717, 1.165) is 6.42 Å². The van der Waals surface area contributed by atoms with Gasteiger partial charge in [-0.25, -0.2) is 0 Å². The molecule has 0 saturated carbocycles.